The van der Waals surface area contributed by atoms with Gasteiger partial charge in [0.2, 0.25) is 5.91 Å². The first kappa shape index (κ1) is 16.4. The van der Waals surface area contributed by atoms with Crippen molar-refractivity contribution in [2.75, 3.05) is 26.7 Å². The Kier molecular flexibility index (Phi) is 6.72. The molecule has 0 saturated carbocycles. The summed E-state index contributed by atoms with van der Waals surface area (Å²) in [5.74, 6) is 0.575. The average Bonchev–Trinajstić information content (AvgIpc) is 2.24. The summed E-state index contributed by atoms with van der Waals surface area (Å²) in [6.45, 7) is 12.5. The van der Waals surface area contributed by atoms with Gasteiger partial charge in [-0.1, -0.05) is 27.7 Å². The normalized spacial score (nSPS) is 14.2. The molecule has 4 nitrogen and oxygen atoms in total. The molecule has 0 saturated heterocycles. The van der Waals surface area contributed by atoms with Crippen molar-refractivity contribution in [1.82, 2.24) is 10.2 Å². The van der Waals surface area contributed by atoms with Crippen LogP contribution in [0.5, 0.6) is 0 Å². The Morgan fingerprint density at radius 3 is 2.29 bits per heavy atom. The molecular weight excluding hydrogens is 214 g/mol. The predicted octanol–water partition coefficient (Wildman–Crippen LogP) is 1.06. The van der Waals surface area contributed by atoms with Gasteiger partial charge < -0.3 is 11.1 Å². The van der Waals surface area contributed by atoms with Crippen molar-refractivity contribution in [2.24, 2.45) is 17.1 Å². The third-order valence-corrected chi connectivity index (χ3v) is 2.96. The maximum absolute atomic E-state index is 11.9. The molecule has 0 aliphatic carbocycles. The van der Waals surface area contributed by atoms with E-state index in [1.165, 1.54) is 0 Å². The van der Waals surface area contributed by atoms with E-state index >= 15 is 0 Å². The van der Waals surface area contributed by atoms with E-state index in [0.717, 1.165) is 13.1 Å². The van der Waals surface area contributed by atoms with E-state index in [0.29, 0.717) is 12.5 Å². The van der Waals surface area contributed by atoms with Crippen molar-refractivity contribution in [2.45, 2.75) is 40.7 Å². The molecule has 0 aromatic heterocycles. The highest BCUT2D eigenvalue weighted by atomic mass is 16.2. The van der Waals surface area contributed by atoms with Crippen molar-refractivity contribution in [3.8, 4) is 0 Å². The minimum Gasteiger partial charge on any atom is -0.354 e. The van der Waals surface area contributed by atoms with Crippen molar-refractivity contribution in [3.63, 3.8) is 0 Å². The summed E-state index contributed by atoms with van der Waals surface area (Å²) in [6, 6.07) is -0.112. The van der Waals surface area contributed by atoms with Crippen LogP contribution in [0.1, 0.15) is 34.6 Å². The van der Waals surface area contributed by atoms with Crippen molar-refractivity contribution >= 4 is 5.91 Å². The van der Waals surface area contributed by atoms with E-state index in [-0.39, 0.29) is 17.4 Å². The number of hydrogen-bond donors (Lipinski definition) is 2. The highest BCUT2D eigenvalue weighted by Crippen LogP contribution is 2.15. The van der Waals surface area contributed by atoms with E-state index < -0.39 is 0 Å². The molecule has 0 radical (unpaired) electrons. The minimum absolute atomic E-state index is 0.0430. The summed E-state index contributed by atoms with van der Waals surface area (Å²) < 4.78 is 0. The smallest absolute Gasteiger partial charge is 0.237 e. The molecule has 0 aromatic rings. The molecule has 102 valence electrons. The Balaban J connectivity index is 4.20. The molecule has 1 amide bonds. The fraction of sp³-hybridized carbons (Fsp3) is 0.923. The molecule has 0 aromatic carbocycles. The second-order valence-electron chi connectivity index (χ2n) is 6.10. The lowest BCUT2D eigenvalue weighted by Crippen LogP contribution is -2.48. The van der Waals surface area contributed by atoms with Crippen LogP contribution in [0.15, 0.2) is 0 Å². The minimum atomic E-state index is -0.112. The van der Waals surface area contributed by atoms with E-state index in [4.69, 9.17) is 5.73 Å². The third kappa shape index (κ3) is 6.64. The zero-order valence-corrected chi connectivity index (χ0v) is 12.2. The lowest BCUT2D eigenvalue weighted by molar-refractivity contribution is -0.125. The molecule has 0 aliphatic heterocycles. The molecule has 3 N–H and O–H groups in total. The molecule has 0 bridgehead atoms. The van der Waals surface area contributed by atoms with E-state index in [2.05, 4.69) is 37.9 Å². The van der Waals surface area contributed by atoms with Gasteiger partial charge in [0, 0.05) is 13.1 Å². The quantitative estimate of drug-likeness (QED) is 0.703. The topological polar surface area (TPSA) is 58.4 Å². The van der Waals surface area contributed by atoms with Crippen LogP contribution in [0, 0.1) is 11.3 Å². The molecule has 0 heterocycles. The number of amides is 1. The first-order valence-corrected chi connectivity index (χ1v) is 6.37. The monoisotopic (exact) mass is 243 g/mol. The van der Waals surface area contributed by atoms with Crippen LogP contribution in [0.25, 0.3) is 0 Å². The largest absolute Gasteiger partial charge is 0.354 e. The van der Waals surface area contributed by atoms with Crippen LogP contribution in [-0.4, -0.2) is 43.5 Å². The summed E-state index contributed by atoms with van der Waals surface area (Å²) in [4.78, 5) is 13.9. The zero-order chi connectivity index (χ0) is 13.6. The van der Waals surface area contributed by atoms with Gasteiger partial charge >= 0.3 is 0 Å². The number of rotatable bonds is 7. The maximum Gasteiger partial charge on any atom is 0.237 e. The Morgan fingerprint density at radius 1 is 1.35 bits per heavy atom. The Bertz CT molecular complexity index is 239. The highest BCUT2D eigenvalue weighted by molar-refractivity contribution is 5.81. The molecule has 1 atom stereocenters. The molecule has 0 aliphatic rings. The van der Waals surface area contributed by atoms with Crippen LogP contribution in [0.4, 0.5) is 0 Å². The number of nitrogens with two attached hydrogens (primary N) is 1. The maximum atomic E-state index is 11.9. The van der Waals surface area contributed by atoms with Gasteiger partial charge in [-0.3, -0.25) is 9.69 Å². The molecule has 17 heavy (non-hydrogen) atoms. The predicted molar refractivity (Wildman–Crippen MR) is 72.8 cm³/mol. The van der Waals surface area contributed by atoms with Crippen LogP contribution < -0.4 is 11.1 Å². The molecule has 0 rings (SSSR count). The van der Waals surface area contributed by atoms with Crippen LogP contribution in [0.3, 0.4) is 0 Å². The number of likely N-dealkylation sites (N-methyl/N-ethyl adjacent to an activating group) is 1. The fourth-order valence-electron chi connectivity index (χ4n) is 1.53. The fourth-order valence-corrected chi connectivity index (χ4v) is 1.53. The molecular formula is C13H29N3O. The SMILES string of the molecule is CC(C)CNC(=O)C(C)N(C)CC(C)(C)CN. The van der Waals surface area contributed by atoms with E-state index in [1.807, 2.05) is 14.0 Å². The van der Waals surface area contributed by atoms with Gasteiger partial charge in [-0.25, -0.2) is 0 Å². The molecule has 1 unspecified atom stereocenters. The molecule has 0 spiro atoms. The second-order valence-corrected chi connectivity index (χ2v) is 6.10. The van der Waals surface area contributed by atoms with Gasteiger partial charge in [-0.15, -0.1) is 0 Å². The van der Waals surface area contributed by atoms with Gasteiger partial charge in [-0.05, 0) is 31.8 Å². The van der Waals surface area contributed by atoms with Gasteiger partial charge in [0.1, 0.15) is 0 Å². The number of nitrogens with one attached hydrogen (secondary N) is 1. The van der Waals surface area contributed by atoms with E-state index in [9.17, 15) is 4.79 Å². The summed E-state index contributed by atoms with van der Waals surface area (Å²) >= 11 is 0. The highest BCUT2D eigenvalue weighted by Gasteiger charge is 2.24. The number of carbonyl (C=O) groups is 1. The van der Waals surface area contributed by atoms with Crippen molar-refractivity contribution in [1.29, 1.82) is 0 Å². The summed E-state index contributed by atoms with van der Waals surface area (Å²) in [5.41, 5.74) is 5.75. The summed E-state index contributed by atoms with van der Waals surface area (Å²) in [6.07, 6.45) is 0. The lowest BCUT2D eigenvalue weighted by Gasteiger charge is -2.32. The van der Waals surface area contributed by atoms with Gasteiger partial charge in [0.15, 0.2) is 0 Å². The summed E-state index contributed by atoms with van der Waals surface area (Å²) in [5, 5.41) is 2.95. The molecule has 4 heteroatoms. The average molecular weight is 243 g/mol. The Morgan fingerprint density at radius 2 is 1.88 bits per heavy atom. The Hall–Kier alpha value is -0.610. The Labute approximate surface area is 106 Å². The first-order chi connectivity index (χ1) is 7.69. The van der Waals surface area contributed by atoms with Crippen molar-refractivity contribution in [3.05, 3.63) is 0 Å². The molecule has 0 fully saturated rings. The number of hydrogen-bond acceptors (Lipinski definition) is 3. The van der Waals surface area contributed by atoms with Crippen LogP contribution in [0.2, 0.25) is 0 Å². The van der Waals surface area contributed by atoms with Crippen LogP contribution in [-0.2, 0) is 4.79 Å². The lowest BCUT2D eigenvalue weighted by atomic mass is 9.93. The van der Waals surface area contributed by atoms with E-state index in [1.54, 1.807) is 0 Å². The van der Waals surface area contributed by atoms with Gasteiger partial charge in [0.25, 0.3) is 0 Å². The van der Waals surface area contributed by atoms with Gasteiger partial charge in [-0.2, -0.15) is 0 Å². The van der Waals surface area contributed by atoms with Gasteiger partial charge in [0.05, 0.1) is 6.04 Å². The van der Waals surface area contributed by atoms with Crippen molar-refractivity contribution < 1.29 is 4.79 Å². The summed E-state index contributed by atoms with van der Waals surface area (Å²) in [7, 11) is 1.97. The zero-order valence-electron chi connectivity index (χ0n) is 12.2. The number of carbonyl (C=O) groups excluding carboxylic acids is 1. The van der Waals surface area contributed by atoms with Crippen LogP contribution >= 0.6 is 0 Å². The standard InChI is InChI=1S/C13H29N3O/c1-10(2)7-15-12(17)11(3)16(6)9-13(4,5)8-14/h10-11H,7-9,14H2,1-6H3,(H,15,17). The second kappa shape index (κ2) is 6.97. The number of nitrogens with zero attached hydrogens (tertiary/aromatic N) is 1. The third-order valence-electron chi connectivity index (χ3n) is 2.96. The first-order valence-electron chi connectivity index (χ1n) is 6.37.